The van der Waals surface area contributed by atoms with Crippen LogP contribution in [0.3, 0.4) is 0 Å². The molecule has 2 aliphatic heterocycles. The fourth-order valence-electron chi connectivity index (χ4n) is 3.11. The predicted molar refractivity (Wildman–Crippen MR) is 71.6 cm³/mol. The van der Waals surface area contributed by atoms with Crippen molar-refractivity contribution in [3.63, 3.8) is 0 Å². The van der Waals surface area contributed by atoms with E-state index in [0.29, 0.717) is 12.6 Å². The number of nitrogens with zero attached hydrogens (tertiary/aromatic N) is 2. The van der Waals surface area contributed by atoms with Gasteiger partial charge in [-0.3, -0.25) is 9.59 Å². The van der Waals surface area contributed by atoms with Gasteiger partial charge in [-0.25, -0.2) is 0 Å². The highest BCUT2D eigenvalue weighted by Gasteiger charge is 2.40. The fourth-order valence-corrected chi connectivity index (χ4v) is 3.11. The van der Waals surface area contributed by atoms with Crippen LogP contribution in [0.15, 0.2) is 0 Å². The lowest BCUT2D eigenvalue weighted by Gasteiger charge is -2.28. The first-order valence-corrected chi connectivity index (χ1v) is 7.52. The van der Waals surface area contributed by atoms with Crippen LogP contribution in [0.4, 0.5) is 0 Å². The van der Waals surface area contributed by atoms with E-state index in [-0.39, 0.29) is 23.9 Å². The van der Waals surface area contributed by atoms with Gasteiger partial charge in [-0.15, -0.1) is 0 Å². The second-order valence-corrected chi connectivity index (χ2v) is 6.02. The van der Waals surface area contributed by atoms with E-state index in [0.717, 1.165) is 32.4 Å². The molecule has 0 bridgehead atoms. The van der Waals surface area contributed by atoms with Crippen molar-refractivity contribution in [3.8, 4) is 0 Å². The van der Waals surface area contributed by atoms with Crippen molar-refractivity contribution >= 4 is 11.8 Å². The molecule has 2 atom stereocenters. The topological polar surface area (TPSA) is 52.7 Å². The van der Waals surface area contributed by atoms with E-state index in [1.165, 1.54) is 12.8 Å². The molecule has 0 radical (unpaired) electrons. The molecule has 19 heavy (non-hydrogen) atoms. The zero-order valence-corrected chi connectivity index (χ0v) is 11.6. The van der Waals surface area contributed by atoms with Crippen molar-refractivity contribution < 1.29 is 9.59 Å². The maximum atomic E-state index is 12.3. The van der Waals surface area contributed by atoms with E-state index in [1.807, 2.05) is 11.8 Å². The predicted octanol–water partition coefficient (Wildman–Crippen LogP) is 0.350. The van der Waals surface area contributed by atoms with Crippen molar-refractivity contribution in [2.75, 3.05) is 19.6 Å². The SMILES string of the molecule is CC(C(=O)N1CCCC1)N1CCC(NC2CC2)C1=O. The Balaban J connectivity index is 1.58. The first kappa shape index (κ1) is 12.9. The van der Waals surface area contributed by atoms with Gasteiger partial charge in [-0.2, -0.15) is 0 Å². The van der Waals surface area contributed by atoms with Gasteiger partial charge in [0.25, 0.3) is 0 Å². The number of carbonyl (C=O) groups is 2. The maximum absolute atomic E-state index is 12.3. The highest BCUT2D eigenvalue weighted by Crippen LogP contribution is 2.24. The molecule has 3 fully saturated rings. The average Bonchev–Trinajstić information content (AvgIpc) is 2.91. The molecule has 0 spiro atoms. The number of likely N-dealkylation sites (tertiary alicyclic amines) is 2. The molecule has 0 aromatic carbocycles. The Kier molecular flexibility index (Phi) is 3.48. The fraction of sp³-hybridized carbons (Fsp3) is 0.857. The van der Waals surface area contributed by atoms with Crippen LogP contribution in [0.1, 0.15) is 39.0 Å². The van der Waals surface area contributed by atoms with Crippen LogP contribution >= 0.6 is 0 Å². The van der Waals surface area contributed by atoms with Gasteiger partial charge in [0.05, 0.1) is 6.04 Å². The van der Waals surface area contributed by atoms with Crippen LogP contribution < -0.4 is 5.32 Å². The molecule has 2 amide bonds. The summed E-state index contributed by atoms with van der Waals surface area (Å²) in [6, 6.07) is 0.191. The largest absolute Gasteiger partial charge is 0.341 e. The van der Waals surface area contributed by atoms with E-state index < -0.39 is 0 Å². The number of carbonyl (C=O) groups excluding carboxylic acids is 2. The molecule has 106 valence electrons. The summed E-state index contributed by atoms with van der Waals surface area (Å²) in [6.45, 7) is 4.30. The molecule has 0 aromatic heterocycles. The zero-order chi connectivity index (χ0) is 13.4. The van der Waals surface area contributed by atoms with Crippen LogP contribution in [0, 0.1) is 0 Å². The molecule has 2 saturated heterocycles. The van der Waals surface area contributed by atoms with Gasteiger partial charge < -0.3 is 15.1 Å². The molecule has 1 N–H and O–H groups in total. The van der Waals surface area contributed by atoms with E-state index in [2.05, 4.69) is 5.32 Å². The second-order valence-electron chi connectivity index (χ2n) is 6.02. The van der Waals surface area contributed by atoms with Crippen molar-refractivity contribution in [2.45, 2.75) is 57.2 Å². The molecule has 1 aliphatic carbocycles. The third-order valence-corrected chi connectivity index (χ3v) is 4.50. The van der Waals surface area contributed by atoms with E-state index in [1.54, 1.807) is 4.90 Å². The summed E-state index contributed by atoms with van der Waals surface area (Å²) in [4.78, 5) is 28.3. The summed E-state index contributed by atoms with van der Waals surface area (Å²) in [6.07, 6.45) is 5.40. The maximum Gasteiger partial charge on any atom is 0.245 e. The minimum absolute atomic E-state index is 0.0543. The van der Waals surface area contributed by atoms with Crippen molar-refractivity contribution in [3.05, 3.63) is 0 Å². The van der Waals surface area contributed by atoms with Gasteiger partial charge in [0.15, 0.2) is 0 Å². The van der Waals surface area contributed by atoms with Crippen LogP contribution in [0.5, 0.6) is 0 Å². The zero-order valence-electron chi connectivity index (χ0n) is 11.6. The van der Waals surface area contributed by atoms with Crippen LogP contribution in [-0.2, 0) is 9.59 Å². The summed E-state index contributed by atoms with van der Waals surface area (Å²) >= 11 is 0. The smallest absolute Gasteiger partial charge is 0.245 e. The van der Waals surface area contributed by atoms with Crippen molar-refractivity contribution in [2.24, 2.45) is 0 Å². The third kappa shape index (κ3) is 2.61. The Morgan fingerprint density at radius 2 is 1.89 bits per heavy atom. The van der Waals surface area contributed by atoms with E-state index in [4.69, 9.17) is 0 Å². The number of rotatable bonds is 4. The standard InChI is InChI=1S/C14H23N3O2/c1-10(13(18)16-7-2-3-8-16)17-9-6-12(14(17)19)15-11-4-5-11/h10-12,15H,2-9H2,1H3. The summed E-state index contributed by atoms with van der Waals surface area (Å²) in [5.41, 5.74) is 0. The highest BCUT2D eigenvalue weighted by atomic mass is 16.2. The Hall–Kier alpha value is -1.10. The van der Waals surface area contributed by atoms with Crippen molar-refractivity contribution in [1.29, 1.82) is 0 Å². The molecule has 1 saturated carbocycles. The minimum Gasteiger partial charge on any atom is -0.341 e. The van der Waals surface area contributed by atoms with Crippen LogP contribution in [-0.4, -0.2) is 59.4 Å². The van der Waals surface area contributed by atoms with Gasteiger partial charge in [-0.1, -0.05) is 0 Å². The lowest BCUT2D eigenvalue weighted by molar-refractivity contribution is -0.142. The lowest BCUT2D eigenvalue weighted by atomic mass is 10.2. The molecule has 2 unspecified atom stereocenters. The summed E-state index contributed by atoms with van der Waals surface area (Å²) in [5.74, 6) is 0.241. The van der Waals surface area contributed by atoms with Gasteiger partial charge in [-0.05, 0) is 39.0 Å². The van der Waals surface area contributed by atoms with Gasteiger partial charge in [0, 0.05) is 25.7 Å². The van der Waals surface area contributed by atoms with Crippen LogP contribution in [0.2, 0.25) is 0 Å². The molecule has 3 aliphatic rings. The van der Waals surface area contributed by atoms with Crippen molar-refractivity contribution in [1.82, 2.24) is 15.1 Å². The quantitative estimate of drug-likeness (QED) is 0.798. The van der Waals surface area contributed by atoms with Crippen LogP contribution in [0.25, 0.3) is 0 Å². The Morgan fingerprint density at radius 3 is 2.53 bits per heavy atom. The molecule has 2 heterocycles. The molecular weight excluding hydrogens is 242 g/mol. The normalized spacial score (nSPS) is 29.1. The second kappa shape index (κ2) is 5.12. The summed E-state index contributed by atoms with van der Waals surface area (Å²) < 4.78 is 0. The van der Waals surface area contributed by atoms with Gasteiger partial charge >= 0.3 is 0 Å². The highest BCUT2D eigenvalue weighted by molar-refractivity contribution is 5.91. The van der Waals surface area contributed by atoms with Gasteiger partial charge in [0.1, 0.15) is 6.04 Å². The molecule has 3 rings (SSSR count). The third-order valence-electron chi connectivity index (χ3n) is 4.50. The number of hydrogen-bond acceptors (Lipinski definition) is 3. The first-order chi connectivity index (χ1) is 9.16. The monoisotopic (exact) mass is 265 g/mol. The first-order valence-electron chi connectivity index (χ1n) is 7.52. The minimum atomic E-state index is -0.295. The summed E-state index contributed by atoms with van der Waals surface area (Å²) in [7, 11) is 0. The van der Waals surface area contributed by atoms with E-state index in [9.17, 15) is 9.59 Å². The van der Waals surface area contributed by atoms with Gasteiger partial charge in [0.2, 0.25) is 11.8 Å². The molecular formula is C14H23N3O2. The Morgan fingerprint density at radius 1 is 1.21 bits per heavy atom. The molecule has 0 aromatic rings. The lowest BCUT2D eigenvalue weighted by Crippen LogP contribution is -2.49. The number of hydrogen-bond donors (Lipinski definition) is 1. The average molecular weight is 265 g/mol. The Bertz CT molecular complexity index is 375. The molecule has 5 nitrogen and oxygen atoms in total. The number of nitrogens with one attached hydrogen (secondary N) is 1. The summed E-state index contributed by atoms with van der Waals surface area (Å²) in [5, 5.41) is 3.38. The Labute approximate surface area is 114 Å². The molecule has 5 heteroatoms. The van der Waals surface area contributed by atoms with E-state index >= 15 is 0 Å². The number of amides is 2.